The highest BCUT2D eigenvalue weighted by molar-refractivity contribution is 5.85. The first-order chi connectivity index (χ1) is 9.34. The monoisotopic (exact) mass is 324 g/mol. The number of alkyl halides is 2. The predicted molar refractivity (Wildman–Crippen MR) is 78.1 cm³/mol. The lowest BCUT2D eigenvalue weighted by Crippen LogP contribution is -2.43. The molecule has 0 spiro atoms. The van der Waals surface area contributed by atoms with Gasteiger partial charge in [-0.25, -0.2) is 13.2 Å². The summed E-state index contributed by atoms with van der Waals surface area (Å²) in [6.07, 6.45) is 0.975. The summed E-state index contributed by atoms with van der Waals surface area (Å²) in [6, 6.07) is 6.09. The number of halogens is 4. The Morgan fingerprint density at radius 1 is 1.43 bits per heavy atom. The van der Waals surface area contributed by atoms with E-state index in [1.54, 1.807) is 19.1 Å². The molecule has 0 heterocycles. The number of hydrogen-bond donors (Lipinski definition) is 2. The number of carbonyl (C=O) groups is 1. The smallest absolute Gasteiger partial charge is 0.277 e. The molecule has 0 bridgehead atoms. The predicted octanol–water partition coefficient (Wildman–Crippen LogP) is 2.53. The zero-order valence-corrected chi connectivity index (χ0v) is 12.6. The van der Waals surface area contributed by atoms with E-state index in [0.717, 1.165) is 5.56 Å². The lowest BCUT2D eigenvalue weighted by molar-refractivity contribution is -0.126. The van der Waals surface area contributed by atoms with Gasteiger partial charge in [-0.3, -0.25) is 4.79 Å². The van der Waals surface area contributed by atoms with Crippen molar-refractivity contribution in [2.24, 2.45) is 11.7 Å². The van der Waals surface area contributed by atoms with Crippen molar-refractivity contribution in [3.63, 3.8) is 0 Å². The van der Waals surface area contributed by atoms with Crippen molar-refractivity contribution in [3.8, 4) is 0 Å². The molecule has 7 heteroatoms. The van der Waals surface area contributed by atoms with Gasteiger partial charge in [0.05, 0.1) is 13.1 Å². The van der Waals surface area contributed by atoms with Crippen LogP contribution < -0.4 is 11.1 Å². The summed E-state index contributed by atoms with van der Waals surface area (Å²) in [5.74, 6) is -4.29. The van der Waals surface area contributed by atoms with Gasteiger partial charge >= 0.3 is 0 Å². The molecular formula is C14H20ClF3N2O. The normalized spacial score (nSPS) is 12.4. The van der Waals surface area contributed by atoms with E-state index in [-0.39, 0.29) is 18.2 Å². The molecule has 0 aliphatic rings. The van der Waals surface area contributed by atoms with Crippen LogP contribution in [0.5, 0.6) is 0 Å². The van der Waals surface area contributed by atoms with Crippen LogP contribution in [0, 0.1) is 11.7 Å². The molecule has 0 aliphatic heterocycles. The first-order valence-corrected chi connectivity index (χ1v) is 6.44. The number of nitrogens with two attached hydrogens (primary N) is 1. The number of hydrogen-bond acceptors (Lipinski definition) is 2. The second-order valence-electron chi connectivity index (χ2n) is 4.85. The molecule has 1 amide bonds. The Morgan fingerprint density at radius 3 is 2.67 bits per heavy atom. The summed E-state index contributed by atoms with van der Waals surface area (Å²) in [6.45, 7) is 0.0901. The van der Waals surface area contributed by atoms with Crippen LogP contribution in [0.1, 0.15) is 18.9 Å². The number of aryl methyl sites for hydroxylation is 1. The van der Waals surface area contributed by atoms with Gasteiger partial charge in [0.1, 0.15) is 5.82 Å². The molecule has 0 saturated carbocycles. The fraction of sp³-hybridized carbons (Fsp3) is 0.500. The molecule has 0 saturated heterocycles. The molecule has 1 rings (SSSR count). The Balaban J connectivity index is 0.00000400. The molecule has 1 aromatic rings. The van der Waals surface area contributed by atoms with Crippen LogP contribution >= 0.6 is 12.4 Å². The van der Waals surface area contributed by atoms with Crippen LogP contribution in [-0.2, 0) is 11.2 Å². The van der Waals surface area contributed by atoms with Gasteiger partial charge in [0, 0.05) is 5.92 Å². The van der Waals surface area contributed by atoms with E-state index in [9.17, 15) is 18.0 Å². The van der Waals surface area contributed by atoms with Gasteiger partial charge in [-0.1, -0.05) is 19.1 Å². The molecule has 0 radical (unpaired) electrons. The SMILES string of the molecule is CC(CCc1cccc(F)c1)C(=O)NCC(F)(F)CN.Cl. The molecule has 120 valence electrons. The lowest BCUT2D eigenvalue weighted by atomic mass is 10.0. The zero-order chi connectivity index (χ0) is 15.2. The molecule has 3 N–H and O–H groups in total. The van der Waals surface area contributed by atoms with Gasteiger partial charge in [-0.2, -0.15) is 0 Å². The molecular weight excluding hydrogens is 305 g/mol. The first kappa shape index (κ1) is 19.7. The van der Waals surface area contributed by atoms with Crippen LogP contribution in [0.2, 0.25) is 0 Å². The molecule has 1 unspecified atom stereocenters. The maximum Gasteiger partial charge on any atom is 0.277 e. The van der Waals surface area contributed by atoms with Gasteiger partial charge in [0.15, 0.2) is 0 Å². The van der Waals surface area contributed by atoms with Crippen molar-refractivity contribution in [2.45, 2.75) is 25.7 Å². The van der Waals surface area contributed by atoms with Gasteiger partial charge in [-0.05, 0) is 30.5 Å². The minimum Gasteiger partial charge on any atom is -0.350 e. The number of nitrogens with one attached hydrogen (secondary N) is 1. The summed E-state index contributed by atoms with van der Waals surface area (Å²) in [4.78, 5) is 11.6. The number of carbonyl (C=O) groups excluding carboxylic acids is 1. The third-order valence-corrected chi connectivity index (χ3v) is 3.02. The Bertz CT molecular complexity index is 458. The number of amides is 1. The highest BCUT2D eigenvalue weighted by Gasteiger charge is 2.28. The standard InChI is InChI=1S/C14H19F3N2O.ClH/c1-10(13(20)19-9-14(16,17)8-18)5-6-11-3-2-4-12(15)7-11;/h2-4,7,10H,5-6,8-9,18H2,1H3,(H,19,20);1H. The second-order valence-corrected chi connectivity index (χ2v) is 4.85. The van der Waals surface area contributed by atoms with Crippen LogP contribution in [-0.4, -0.2) is 24.9 Å². The Kier molecular flexibility index (Phi) is 8.36. The van der Waals surface area contributed by atoms with E-state index >= 15 is 0 Å². The van der Waals surface area contributed by atoms with Gasteiger partial charge < -0.3 is 11.1 Å². The quantitative estimate of drug-likeness (QED) is 0.810. The fourth-order valence-corrected chi connectivity index (χ4v) is 1.67. The Hall–Kier alpha value is -1.27. The summed E-state index contributed by atoms with van der Waals surface area (Å²) in [5, 5.41) is 2.18. The third-order valence-electron chi connectivity index (χ3n) is 3.02. The number of rotatable bonds is 7. The van der Waals surface area contributed by atoms with E-state index in [1.807, 2.05) is 0 Å². The van der Waals surface area contributed by atoms with E-state index in [2.05, 4.69) is 5.32 Å². The highest BCUT2D eigenvalue weighted by Crippen LogP contribution is 2.13. The molecule has 1 aromatic carbocycles. The topological polar surface area (TPSA) is 55.1 Å². The zero-order valence-electron chi connectivity index (χ0n) is 11.7. The van der Waals surface area contributed by atoms with E-state index in [4.69, 9.17) is 5.73 Å². The average molecular weight is 325 g/mol. The number of benzene rings is 1. The molecule has 0 aromatic heterocycles. The molecule has 0 fully saturated rings. The van der Waals surface area contributed by atoms with Crippen LogP contribution in [0.25, 0.3) is 0 Å². The second kappa shape index (κ2) is 8.89. The van der Waals surface area contributed by atoms with E-state index in [1.165, 1.54) is 12.1 Å². The van der Waals surface area contributed by atoms with Crippen molar-refractivity contribution in [2.75, 3.05) is 13.1 Å². The van der Waals surface area contributed by atoms with Crippen LogP contribution in [0.4, 0.5) is 13.2 Å². The maximum atomic E-state index is 13.0. The summed E-state index contributed by atoms with van der Waals surface area (Å²) < 4.78 is 38.7. The molecule has 0 aliphatic carbocycles. The van der Waals surface area contributed by atoms with E-state index < -0.39 is 30.8 Å². The summed E-state index contributed by atoms with van der Waals surface area (Å²) in [5.41, 5.74) is 5.66. The minimum absolute atomic E-state index is 0. The Labute approximate surface area is 128 Å². The average Bonchev–Trinajstić information content (AvgIpc) is 2.42. The van der Waals surface area contributed by atoms with Crippen LogP contribution in [0.3, 0.4) is 0 Å². The lowest BCUT2D eigenvalue weighted by Gasteiger charge is -2.17. The van der Waals surface area contributed by atoms with Gasteiger partial charge in [0.25, 0.3) is 5.92 Å². The van der Waals surface area contributed by atoms with Gasteiger partial charge in [-0.15, -0.1) is 12.4 Å². The van der Waals surface area contributed by atoms with Gasteiger partial charge in [0.2, 0.25) is 5.91 Å². The van der Waals surface area contributed by atoms with Crippen molar-refractivity contribution >= 4 is 18.3 Å². The van der Waals surface area contributed by atoms with Crippen molar-refractivity contribution in [1.82, 2.24) is 5.32 Å². The maximum absolute atomic E-state index is 13.0. The van der Waals surface area contributed by atoms with Crippen molar-refractivity contribution in [1.29, 1.82) is 0 Å². The summed E-state index contributed by atoms with van der Waals surface area (Å²) >= 11 is 0. The third kappa shape index (κ3) is 7.34. The van der Waals surface area contributed by atoms with Crippen molar-refractivity contribution < 1.29 is 18.0 Å². The fourth-order valence-electron chi connectivity index (χ4n) is 1.67. The van der Waals surface area contributed by atoms with Crippen molar-refractivity contribution in [3.05, 3.63) is 35.6 Å². The summed E-state index contributed by atoms with van der Waals surface area (Å²) in [7, 11) is 0. The molecule has 21 heavy (non-hydrogen) atoms. The largest absolute Gasteiger partial charge is 0.350 e. The first-order valence-electron chi connectivity index (χ1n) is 6.44. The highest BCUT2D eigenvalue weighted by atomic mass is 35.5. The molecule has 1 atom stereocenters. The Morgan fingerprint density at radius 2 is 2.10 bits per heavy atom. The molecule has 3 nitrogen and oxygen atoms in total. The van der Waals surface area contributed by atoms with Crippen LogP contribution in [0.15, 0.2) is 24.3 Å². The van der Waals surface area contributed by atoms with E-state index in [0.29, 0.717) is 12.8 Å². The minimum atomic E-state index is -3.09.